The maximum absolute atomic E-state index is 12.9. The molecule has 0 nitrogen and oxygen atoms in total. The lowest BCUT2D eigenvalue weighted by Crippen LogP contribution is -2.13. The third-order valence-electron chi connectivity index (χ3n) is 2.12. The zero-order valence-electron chi connectivity index (χ0n) is 8.20. The number of halogens is 3. The van der Waals surface area contributed by atoms with Crippen molar-refractivity contribution in [3.8, 4) is 0 Å². The minimum absolute atomic E-state index is 0.206. The highest BCUT2D eigenvalue weighted by Crippen LogP contribution is 2.42. The summed E-state index contributed by atoms with van der Waals surface area (Å²) in [6, 6.07) is 2.58. The monoisotopic (exact) mass is 252 g/mol. The van der Waals surface area contributed by atoms with Crippen LogP contribution >= 0.6 is 35.0 Å². The van der Waals surface area contributed by atoms with Crippen LogP contribution in [0.3, 0.4) is 0 Å². The number of benzene rings is 1. The first kappa shape index (κ1) is 12.2. The number of hydrogen-bond acceptors (Lipinski definition) is 1. The van der Waals surface area contributed by atoms with Crippen molar-refractivity contribution in [2.45, 2.75) is 18.6 Å². The summed E-state index contributed by atoms with van der Waals surface area (Å²) < 4.78 is 12.7. The summed E-state index contributed by atoms with van der Waals surface area (Å²) in [5.41, 5.74) is 0.787. The van der Waals surface area contributed by atoms with Crippen LogP contribution in [0.15, 0.2) is 12.1 Å². The van der Waals surface area contributed by atoms with E-state index in [0.29, 0.717) is 10.0 Å². The standard InChI is InChI=1S/C10H11Cl2FS/c1-10(2,14-3)9-7(11)4-6(13)5-8(9)12/h4-5H,1-3H3. The van der Waals surface area contributed by atoms with E-state index in [4.69, 9.17) is 23.2 Å². The zero-order chi connectivity index (χ0) is 10.9. The maximum atomic E-state index is 12.9. The largest absolute Gasteiger partial charge is 0.207 e. The average Bonchev–Trinajstić information content (AvgIpc) is 2.01. The first-order valence-electron chi connectivity index (χ1n) is 4.08. The Morgan fingerprint density at radius 1 is 1.21 bits per heavy atom. The molecule has 0 atom stereocenters. The van der Waals surface area contributed by atoms with Crippen molar-refractivity contribution in [3.63, 3.8) is 0 Å². The molecule has 1 rings (SSSR count). The first-order valence-corrected chi connectivity index (χ1v) is 6.06. The van der Waals surface area contributed by atoms with Crippen molar-refractivity contribution in [1.82, 2.24) is 0 Å². The van der Waals surface area contributed by atoms with Gasteiger partial charge < -0.3 is 0 Å². The van der Waals surface area contributed by atoms with Crippen LogP contribution in [-0.4, -0.2) is 6.26 Å². The fraction of sp³-hybridized carbons (Fsp3) is 0.400. The van der Waals surface area contributed by atoms with Crippen molar-refractivity contribution < 1.29 is 4.39 Å². The number of thioether (sulfide) groups is 1. The summed E-state index contributed by atoms with van der Waals surface area (Å²) in [4.78, 5) is 0. The summed E-state index contributed by atoms with van der Waals surface area (Å²) in [5, 5.41) is 0.767. The van der Waals surface area contributed by atoms with Gasteiger partial charge in [0.2, 0.25) is 0 Å². The molecule has 0 radical (unpaired) electrons. The lowest BCUT2D eigenvalue weighted by Gasteiger charge is -2.25. The van der Waals surface area contributed by atoms with Gasteiger partial charge in [0.05, 0.1) is 0 Å². The molecule has 0 bridgehead atoms. The van der Waals surface area contributed by atoms with E-state index in [2.05, 4.69) is 0 Å². The molecule has 0 saturated carbocycles. The van der Waals surface area contributed by atoms with Gasteiger partial charge >= 0.3 is 0 Å². The highest BCUT2D eigenvalue weighted by atomic mass is 35.5. The summed E-state index contributed by atoms with van der Waals surface area (Å²) in [6.07, 6.45) is 1.97. The molecule has 1 aromatic rings. The topological polar surface area (TPSA) is 0 Å². The summed E-state index contributed by atoms with van der Waals surface area (Å²) in [6.45, 7) is 4.01. The van der Waals surface area contributed by atoms with Gasteiger partial charge in [-0.25, -0.2) is 4.39 Å². The minimum Gasteiger partial charge on any atom is -0.207 e. The second-order valence-electron chi connectivity index (χ2n) is 3.46. The quantitative estimate of drug-likeness (QED) is 0.734. The Labute approximate surface area is 97.8 Å². The molecule has 0 saturated heterocycles. The highest BCUT2D eigenvalue weighted by molar-refractivity contribution is 7.99. The van der Waals surface area contributed by atoms with E-state index in [1.54, 1.807) is 11.8 Å². The van der Waals surface area contributed by atoms with Gasteiger partial charge in [0.1, 0.15) is 5.82 Å². The molecule has 0 unspecified atom stereocenters. The molecule has 0 aromatic heterocycles. The van der Waals surface area contributed by atoms with Crippen LogP contribution in [0.2, 0.25) is 10.0 Å². The molecule has 0 spiro atoms. The Morgan fingerprint density at radius 3 is 2.00 bits per heavy atom. The second kappa shape index (κ2) is 4.30. The Bertz CT molecular complexity index is 327. The van der Waals surface area contributed by atoms with Gasteiger partial charge in [0.25, 0.3) is 0 Å². The van der Waals surface area contributed by atoms with Gasteiger partial charge in [-0.05, 0) is 32.2 Å². The first-order chi connectivity index (χ1) is 6.38. The average molecular weight is 253 g/mol. The molecule has 0 aliphatic carbocycles. The molecule has 0 fully saturated rings. The zero-order valence-corrected chi connectivity index (χ0v) is 10.5. The minimum atomic E-state index is -0.402. The van der Waals surface area contributed by atoms with Crippen LogP contribution in [0.1, 0.15) is 19.4 Å². The van der Waals surface area contributed by atoms with Crippen LogP contribution < -0.4 is 0 Å². The van der Waals surface area contributed by atoms with E-state index in [1.807, 2.05) is 20.1 Å². The molecule has 0 heterocycles. The van der Waals surface area contributed by atoms with Gasteiger partial charge in [0.15, 0.2) is 0 Å². The van der Waals surface area contributed by atoms with Crippen molar-refractivity contribution in [1.29, 1.82) is 0 Å². The van der Waals surface area contributed by atoms with Crippen molar-refractivity contribution in [3.05, 3.63) is 33.6 Å². The number of rotatable bonds is 2. The Morgan fingerprint density at radius 2 is 1.64 bits per heavy atom. The molecular formula is C10H11Cl2FS. The summed E-state index contributed by atoms with van der Waals surface area (Å²) >= 11 is 13.5. The van der Waals surface area contributed by atoms with Gasteiger partial charge in [-0.3, -0.25) is 0 Å². The highest BCUT2D eigenvalue weighted by Gasteiger charge is 2.25. The molecule has 78 valence electrons. The maximum Gasteiger partial charge on any atom is 0.126 e. The van der Waals surface area contributed by atoms with E-state index in [1.165, 1.54) is 12.1 Å². The van der Waals surface area contributed by atoms with Gasteiger partial charge in [-0.15, -0.1) is 0 Å². The van der Waals surface area contributed by atoms with Gasteiger partial charge in [0, 0.05) is 20.4 Å². The fourth-order valence-electron chi connectivity index (χ4n) is 1.22. The Hall–Kier alpha value is 0.0800. The number of hydrogen-bond donors (Lipinski definition) is 0. The summed E-state index contributed by atoms with van der Waals surface area (Å²) in [7, 11) is 0. The molecule has 0 aliphatic heterocycles. The van der Waals surface area contributed by atoms with E-state index in [9.17, 15) is 4.39 Å². The van der Waals surface area contributed by atoms with Crippen LogP contribution in [-0.2, 0) is 4.75 Å². The predicted molar refractivity (Wildman–Crippen MR) is 63.0 cm³/mol. The lowest BCUT2D eigenvalue weighted by molar-refractivity contribution is 0.625. The molecule has 14 heavy (non-hydrogen) atoms. The van der Waals surface area contributed by atoms with E-state index < -0.39 is 5.82 Å². The van der Waals surface area contributed by atoms with E-state index in [0.717, 1.165) is 5.56 Å². The van der Waals surface area contributed by atoms with E-state index in [-0.39, 0.29) is 4.75 Å². The Balaban J connectivity index is 3.35. The lowest BCUT2D eigenvalue weighted by atomic mass is 10.0. The third-order valence-corrected chi connectivity index (χ3v) is 3.94. The van der Waals surface area contributed by atoms with Crippen LogP contribution in [0.4, 0.5) is 4.39 Å². The molecular weight excluding hydrogens is 242 g/mol. The smallest absolute Gasteiger partial charge is 0.126 e. The molecule has 0 N–H and O–H groups in total. The van der Waals surface area contributed by atoms with Crippen LogP contribution in [0.5, 0.6) is 0 Å². The van der Waals surface area contributed by atoms with Crippen molar-refractivity contribution in [2.24, 2.45) is 0 Å². The fourth-order valence-corrected chi connectivity index (χ4v) is 2.69. The van der Waals surface area contributed by atoms with Crippen molar-refractivity contribution in [2.75, 3.05) is 6.26 Å². The van der Waals surface area contributed by atoms with Crippen LogP contribution in [0, 0.1) is 5.82 Å². The summed E-state index contributed by atoms with van der Waals surface area (Å²) in [5.74, 6) is -0.402. The molecule has 0 amide bonds. The van der Waals surface area contributed by atoms with Crippen LogP contribution in [0.25, 0.3) is 0 Å². The predicted octanol–water partition coefficient (Wildman–Crippen LogP) is 4.73. The molecule has 0 aliphatic rings. The second-order valence-corrected chi connectivity index (χ2v) is 5.70. The normalized spacial score (nSPS) is 11.9. The van der Waals surface area contributed by atoms with Crippen molar-refractivity contribution >= 4 is 35.0 Å². The molecule has 4 heteroatoms. The SMILES string of the molecule is CSC(C)(C)c1c(Cl)cc(F)cc1Cl. The molecule has 1 aromatic carbocycles. The van der Waals surface area contributed by atoms with Gasteiger partial charge in [-0.2, -0.15) is 11.8 Å². The Kier molecular flexibility index (Phi) is 3.73. The third kappa shape index (κ3) is 2.36. The van der Waals surface area contributed by atoms with Gasteiger partial charge in [-0.1, -0.05) is 23.2 Å². The van der Waals surface area contributed by atoms with E-state index >= 15 is 0 Å².